The first-order chi connectivity index (χ1) is 8.16. The van der Waals surface area contributed by atoms with E-state index < -0.39 is 0 Å². The van der Waals surface area contributed by atoms with Crippen LogP contribution < -0.4 is 11.1 Å². The van der Waals surface area contributed by atoms with Gasteiger partial charge in [-0.2, -0.15) is 5.10 Å². The standard InChI is InChI=1S/C11H12BrClN4/c12-8-6-9(13)11(14)10(7-8)15-3-5-17-4-1-2-16-17/h1-2,4,6-7,15H,3,5,14H2. The summed E-state index contributed by atoms with van der Waals surface area (Å²) in [5.74, 6) is 0. The summed E-state index contributed by atoms with van der Waals surface area (Å²) >= 11 is 9.37. The Morgan fingerprint density at radius 2 is 2.29 bits per heavy atom. The lowest BCUT2D eigenvalue weighted by Gasteiger charge is -2.11. The fourth-order valence-corrected chi connectivity index (χ4v) is 2.28. The summed E-state index contributed by atoms with van der Waals surface area (Å²) in [7, 11) is 0. The van der Waals surface area contributed by atoms with E-state index in [9.17, 15) is 0 Å². The van der Waals surface area contributed by atoms with E-state index in [1.165, 1.54) is 0 Å². The van der Waals surface area contributed by atoms with Gasteiger partial charge in [0.25, 0.3) is 0 Å². The Kier molecular flexibility index (Phi) is 3.91. The van der Waals surface area contributed by atoms with E-state index in [1.807, 2.05) is 23.0 Å². The van der Waals surface area contributed by atoms with Gasteiger partial charge in [-0.1, -0.05) is 27.5 Å². The summed E-state index contributed by atoms with van der Waals surface area (Å²) in [5, 5.41) is 7.89. The molecule has 0 fully saturated rings. The molecule has 2 aromatic rings. The summed E-state index contributed by atoms with van der Waals surface area (Å²) in [4.78, 5) is 0. The number of halogens is 2. The molecule has 17 heavy (non-hydrogen) atoms. The summed E-state index contributed by atoms with van der Waals surface area (Å²) < 4.78 is 2.75. The van der Waals surface area contributed by atoms with Crippen LogP contribution in [0.4, 0.5) is 11.4 Å². The molecule has 0 saturated carbocycles. The van der Waals surface area contributed by atoms with Crippen molar-refractivity contribution in [2.75, 3.05) is 17.6 Å². The van der Waals surface area contributed by atoms with Crippen molar-refractivity contribution in [2.45, 2.75) is 6.54 Å². The first-order valence-corrected chi connectivity index (χ1v) is 6.30. The molecule has 0 spiro atoms. The number of nitrogens with zero attached hydrogens (tertiary/aromatic N) is 2. The van der Waals surface area contributed by atoms with E-state index in [4.69, 9.17) is 17.3 Å². The Labute approximate surface area is 113 Å². The number of nitrogens with one attached hydrogen (secondary N) is 1. The van der Waals surface area contributed by atoms with E-state index in [0.29, 0.717) is 10.7 Å². The Morgan fingerprint density at radius 1 is 1.47 bits per heavy atom. The van der Waals surface area contributed by atoms with Crippen molar-refractivity contribution in [3.05, 3.63) is 40.1 Å². The summed E-state index contributed by atoms with van der Waals surface area (Å²) in [6.45, 7) is 1.51. The zero-order valence-electron chi connectivity index (χ0n) is 9.03. The average molecular weight is 316 g/mol. The number of hydrogen-bond donors (Lipinski definition) is 2. The third-order valence-electron chi connectivity index (χ3n) is 2.31. The zero-order chi connectivity index (χ0) is 12.3. The lowest BCUT2D eigenvalue weighted by molar-refractivity contribution is 0.638. The predicted molar refractivity (Wildman–Crippen MR) is 74.3 cm³/mol. The molecule has 0 aliphatic carbocycles. The Hall–Kier alpha value is -1.20. The molecule has 0 unspecified atom stereocenters. The van der Waals surface area contributed by atoms with Gasteiger partial charge in [0, 0.05) is 23.4 Å². The van der Waals surface area contributed by atoms with Crippen molar-refractivity contribution < 1.29 is 0 Å². The van der Waals surface area contributed by atoms with Crippen molar-refractivity contribution in [1.82, 2.24) is 9.78 Å². The smallest absolute Gasteiger partial charge is 0.0739 e. The molecule has 0 amide bonds. The van der Waals surface area contributed by atoms with Gasteiger partial charge in [-0.3, -0.25) is 4.68 Å². The lowest BCUT2D eigenvalue weighted by atomic mass is 10.2. The highest BCUT2D eigenvalue weighted by molar-refractivity contribution is 9.10. The number of hydrogen-bond acceptors (Lipinski definition) is 3. The molecule has 0 atom stereocenters. The average Bonchev–Trinajstić information content (AvgIpc) is 2.78. The highest BCUT2D eigenvalue weighted by atomic mass is 79.9. The second kappa shape index (κ2) is 5.42. The van der Waals surface area contributed by atoms with Gasteiger partial charge in [0.15, 0.2) is 0 Å². The van der Waals surface area contributed by atoms with Gasteiger partial charge in [-0.05, 0) is 18.2 Å². The fraction of sp³-hybridized carbons (Fsp3) is 0.182. The largest absolute Gasteiger partial charge is 0.396 e. The number of anilines is 2. The summed E-state index contributed by atoms with van der Waals surface area (Å²) in [5.41, 5.74) is 7.27. The first kappa shape index (κ1) is 12.3. The quantitative estimate of drug-likeness (QED) is 0.853. The maximum Gasteiger partial charge on any atom is 0.0739 e. The van der Waals surface area contributed by atoms with E-state index in [0.717, 1.165) is 23.2 Å². The Balaban J connectivity index is 1.99. The van der Waals surface area contributed by atoms with Crippen LogP contribution in [-0.4, -0.2) is 16.3 Å². The highest BCUT2D eigenvalue weighted by Crippen LogP contribution is 2.31. The molecule has 90 valence electrons. The van der Waals surface area contributed by atoms with Crippen molar-refractivity contribution in [3.8, 4) is 0 Å². The summed E-state index contributed by atoms with van der Waals surface area (Å²) in [6, 6.07) is 5.57. The van der Waals surface area contributed by atoms with E-state index >= 15 is 0 Å². The second-order valence-electron chi connectivity index (χ2n) is 3.54. The van der Waals surface area contributed by atoms with Crippen molar-refractivity contribution in [2.24, 2.45) is 0 Å². The van der Waals surface area contributed by atoms with Crippen LogP contribution in [0.2, 0.25) is 5.02 Å². The van der Waals surface area contributed by atoms with Gasteiger partial charge in [-0.25, -0.2) is 0 Å². The Bertz CT molecular complexity index is 498. The van der Waals surface area contributed by atoms with Crippen LogP contribution in [-0.2, 0) is 6.54 Å². The molecule has 1 aromatic carbocycles. The van der Waals surface area contributed by atoms with E-state index in [2.05, 4.69) is 26.3 Å². The molecule has 1 aromatic heterocycles. The third-order valence-corrected chi connectivity index (χ3v) is 3.08. The van der Waals surface area contributed by atoms with Crippen LogP contribution in [0.5, 0.6) is 0 Å². The molecule has 0 saturated heterocycles. The minimum absolute atomic E-state index is 0.543. The zero-order valence-corrected chi connectivity index (χ0v) is 11.4. The van der Waals surface area contributed by atoms with Crippen LogP contribution in [0, 0.1) is 0 Å². The van der Waals surface area contributed by atoms with Gasteiger partial charge in [-0.15, -0.1) is 0 Å². The molecule has 2 rings (SSSR count). The predicted octanol–water partition coefficient (Wildman–Crippen LogP) is 2.99. The van der Waals surface area contributed by atoms with E-state index in [1.54, 1.807) is 12.3 Å². The number of aromatic nitrogens is 2. The van der Waals surface area contributed by atoms with Crippen LogP contribution in [0.1, 0.15) is 0 Å². The summed E-state index contributed by atoms with van der Waals surface area (Å²) in [6.07, 6.45) is 3.67. The molecule has 0 aliphatic heterocycles. The molecule has 1 heterocycles. The number of nitrogens with two attached hydrogens (primary N) is 1. The Morgan fingerprint density at radius 3 is 3.00 bits per heavy atom. The minimum Gasteiger partial charge on any atom is -0.396 e. The van der Waals surface area contributed by atoms with Crippen LogP contribution in [0.3, 0.4) is 0 Å². The van der Waals surface area contributed by atoms with Gasteiger partial charge >= 0.3 is 0 Å². The van der Waals surface area contributed by atoms with Crippen LogP contribution >= 0.6 is 27.5 Å². The van der Waals surface area contributed by atoms with Crippen LogP contribution in [0.25, 0.3) is 0 Å². The van der Waals surface area contributed by atoms with Gasteiger partial charge in [0.2, 0.25) is 0 Å². The lowest BCUT2D eigenvalue weighted by Crippen LogP contribution is -2.12. The number of benzene rings is 1. The van der Waals surface area contributed by atoms with Crippen molar-refractivity contribution in [3.63, 3.8) is 0 Å². The minimum atomic E-state index is 0.543. The second-order valence-corrected chi connectivity index (χ2v) is 4.87. The topological polar surface area (TPSA) is 55.9 Å². The SMILES string of the molecule is Nc1c(Cl)cc(Br)cc1NCCn1cccn1. The molecular formula is C11H12BrClN4. The molecule has 3 N–H and O–H groups in total. The molecule has 0 bridgehead atoms. The molecule has 4 nitrogen and oxygen atoms in total. The highest BCUT2D eigenvalue weighted by Gasteiger charge is 2.05. The number of nitrogen functional groups attached to an aromatic ring is 1. The maximum absolute atomic E-state index is 5.99. The fourth-order valence-electron chi connectivity index (χ4n) is 1.47. The van der Waals surface area contributed by atoms with Gasteiger partial charge in [0.1, 0.15) is 0 Å². The number of rotatable bonds is 4. The molecule has 0 aliphatic rings. The van der Waals surface area contributed by atoms with Crippen LogP contribution in [0.15, 0.2) is 35.1 Å². The molecule has 6 heteroatoms. The molecule has 0 radical (unpaired) electrons. The molecular weight excluding hydrogens is 304 g/mol. The van der Waals surface area contributed by atoms with Gasteiger partial charge in [0.05, 0.1) is 22.9 Å². The third kappa shape index (κ3) is 3.14. The monoisotopic (exact) mass is 314 g/mol. The van der Waals surface area contributed by atoms with Crippen molar-refractivity contribution >= 4 is 38.9 Å². The first-order valence-electron chi connectivity index (χ1n) is 5.12. The normalized spacial score (nSPS) is 10.5. The maximum atomic E-state index is 5.99. The van der Waals surface area contributed by atoms with Crippen molar-refractivity contribution in [1.29, 1.82) is 0 Å². The van der Waals surface area contributed by atoms with Gasteiger partial charge < -0.3 is 11.1 Å². The van der Waals surface area contributed by atoms with E-state index in [-0.39, 0.29) is 0 Å².